The maximum atomic E-state index is 5.61. The standard InChI is InChI=1S/C12H13N3O2/c1-6-3-8(9-4-10(13)15-14-9)12-11(7(6)2)16-5-17-12/h3-4H,5H2,1-2H3,(H3,13,14,15). The molecule has 1 aliphatic heterocycles. The lowest BCUT2D eigenvalue weighted by atomic mass is 10.0. The highest BCUT2D eigenvalue weighted by atomic mass is 16.7. The minimum Gasteiger partial charge on any atom is -0.453 e. The van der Waals surface area contributed by atoms with E-state index >= 15 is 0 Å². The normalized spacial score (nSPS) is 13.1. The van der Waals surface area contributed by atoms with Crippen LogP contribution in [0.3, 0.4) is 0 Å². The fourth-order valence-electron chi connectivity index (χ4n) is 2.00. The SMILES string of the molecule is Cc1cc(-c2cc(N)n[nH]2)c2c(c1C)OCO2. The zero-order valence-corrected chi connectivity index (χ0v) is 9.70. The lowest BCUT2D eigenvalue weighted by Gasteiger charge is -2.09. The molecule has 2 aromatic rings. The van der Waals surface area contributed by atoms with Crippen molar-refractivity contribution < 1.29 is 9.47 Å². The van der Waals surface area contributed by atoms with Crippen molar-refractivity contribution in [2.24, 2.45) is 0 Å². The molecule has 1 aromatic carbocycles. The van der Waals surface area contributed by atoms with E-state index in [2.05, 4.69) is 16.3 Å². The third-order valence-corrected chi connectivity index (χ3v) is 3.04. The Kier molecular flexibility index (Phi) is 2.01. The smallest absolute Gasteiger partial charge is 0.231 e. The Morgan fingerprint density at radius 2 is 2.00 bits per heavy atom. The molecule has 17 heavy (non-hydrogen) atoms. The van der Waals surface area contributed by atoms with E-state index in [1.807, 2.05) is 13.8 Å². The summed E-state index contributed by atoms with van der Waals surface area (Å²) in [6.07, 6.45) is 0. The Bertz CT molecular complexity index is 590. The number of nitrogen functional groups attached to an aromatic ring is 1. The summed E-state index contributed by atoms with van der Waals surface area (Å²) in [5, 5.41) is 6.81. The summed E-state index contributed by atoms with van der Waals surface area (Å²) in [4.78, 5) is 0. The number of benzene rings is 1. The zero-order valence-electron chi connectivity index (χ0n) is 9.70. The van der Waals surface area contributed by atoms with Gasteiger partial charge < -0.3 is 15.2 Å². The van der Waals surface area contributed by atoms with Gasteiger partial charge in [-0.05, 0) is 31.0 Å². The number of aromatic amines is 1. The van der Waals surface area contributed by atoms with E-state index in [9.17, 15) is 0 Å². The minimum absolute atomic E-state index is 0.260. The van der Waals surface area contributed by atoms with Gasteiger partial charge in [0, 0.05) is 11.6 Å². The molecule has 0 aliphatic carbocycles. The van der Waals surface area contributed by atoms with E-state index in [1.165, 1.54) is 0 Å². The van der Waals surface area contributed by atoms with Crippen molar-refractivity contribution in [1.82, 2.24) is 10.2 Å². The summed E-state index contributed by atoms with van der Waals surface area (Å²) in [6, 6.07) is 3.84. The van der Waals surface area contributed by atoms with Crippen LogP contribution in [0, 0.1) is 13.8 Å². The highest BCUT2D eigenvalue weighted by Crippen LogP contribution is 2.44. The summed E-state index contributed by atoms with van der Waals surface area (Å²) in [5.41, 5.74) is 9.65. The second kappa shape index (κ2) is 3.41. The van der Waals surface area contributed by atoms with Crippen molar-refractivity contribution in [2.75, 3.05) is 12.5 Å². The van der Waals surface area contributed by atoms with Crippen molar-refractivity contribution in [3.05, 3.63) is 23.3 Å². The monoisotopic (exact) mass is 231 g/mol. The number of aryl methyl sites for hydroxylation is 1. The summed E-state index contributed by atoms with van der Waals surface area (Å²) in [6.45, 7) is 4.32. The molecule has 0 fully saturated rings. The number of nitrogens with zero attached hydrogens (tertiary/aromatic N) is 1. The van der Waals surface area contributed by atoms with E-state index in [1.54, 1.807) is 6.07 Å². The Morgan fingerprint density at radius 1 is 1.24 bits per heavy atom. The highest BCUT2D eigenvalue weighted by Gasteiger charge is 2.23. The fraction of sp³-hybridized carbons (Fsp3) is 0.250. The molecule has 3 N–H and O–H groups in total. The number of ether oxygens (including phenoxy) is 2. The predicted octanol–water partition coefficient (Wildman–Crippen LogP) is 2.00. The van der Waals surface area contributed by atoms with Crippen LogP contribution in [-0.2, 0) is 0 Å². The number of nitrogens with two attached hydrogens (primary N) is 1. The van der Waals surface area contributed by atoms with E-state index in [4.69, 9.17) is 15.2 Å². The number of H-pyrrole nitrogens is 1. The molecular formula is C12H13N3O2. The number of anilines is 1. The van der Waals surface area contributed by atoms with Gasteiger partial charge in [-0.1, -0.05) is 0 Å². The molecule has 0 radical (unpaired) electrons. The molecule has 0 unspecified atom stereocenters. The van der Waals surface area contributed by atoms with Crippen LogP contribution in [0.25, 0.3) is 11.3 Å². The third-order valence-electron chi connectivity index (χ3n) is 3.04. The van der Waals surface area contributed by atoms with Crippen molar-refractivity contribution in [1.29, 1.82) is 0 Å². The second-order valence-corrected chi connectivity index (χ2v) is 4.14. The first kappa shape index (κ1) is 10.0. The van der Waals surface area contributed by atoms with Crippen LogP contribution in [0.4, 0.5) is 5.82 Å². The van der Waals surface area contributed by atoms with Gasteiger partial charge in [0.1, 0.15) is 5.82 Å². The van der Waals surface area contributed by atoms with Crippen LogP contribution in [-0.4, -0.2) is 17.0 Å². The lowest BCUT2D eigenvalue weighted by molar-refractivity contribution is 0.173. The molecule has 1 aliphatic rings. The summed E-state index contributed by atoms with van der Waals surface area (Å²) < 4.78 is 11.0. The van der Waals surface area contributed by atoms with E-state index < -0.39 is 0 Å². The van der Waals surface area contributed by atoms with Gasteiger partial charge >= 0.3 is 0 Å². The van der Waals surface area contributed by atoms with Gasteiger partial charge in [-0.2, -0.15) is 5.10 Å². The van der Waals surface area contributed by atoms with Gasteiger partial charge in [0.2, 0.25) is 6.79 Å². The molecule has 5 heteroatoms. The fourth-order valence-corrected chi connectivity index (χ4v) is 2.00. The van der Waals surface area contributed by atoms with Crippen LogP contribution < -0.4 is 15.2 Å². The largest absolute Gasteiger partial charge is 0.453 e. The van der Waals surface area contributed by atoms with Gasteiger partial charge in [-0.25, -0.2) is 0 Å². The van der Waals surface area contributed by atoms with E-state index in [-0.39, 0.29) is 6.79 Å². The number of hydrogen-bond acceptors (Lipinski definition) is 4. The Hall–Kier alpha value is -2.17. The Labute approximate surface area is 98.5 Å². The number of nitrogens with one attached hydrogen (secondary N) is 1. The first-order valence-electron chi connectivity index (χ1n) is 5.38. The predicted molar refractivity (Wildman–Crippen MR) is 64.0 cm³/mol. The van der Waals surface area contributed by atoms with Crippen LogP contribution >= 0.6 is 0 Å². The number of hydrogen-bond donors (Lipinski definition) is 2. The quantitative estimate of drug-likeness (QED) is 0.787. The molecule has 0 amide bonds. The highest BCUT2D eigenvalue weighted by molar-refractivity contribution is 5.75. The topological polar surface area (TPSA) is 73.2 Å². The lowest BCUT2D eigenvalue weighted by Crippen LogP contribution is -1.93. The van der Waals surface area contributed by atoms with Gasteiger partial charge in [-0.15, -0.1) is 0 Å². The molecule has 0 saturated heterocycles. The van der Waals surface area contributed by atoms with Gasteiger partial charge in [0.15, 0.2) is 11.5 Å². The van der Waals surface area contributed by atoms with Crippen LogP contribution in [0.5, 0.6) is 11.5 Å². The van der Waals surface area contributed by atoms with Crippen molar-refractivity contribution >= 4 is 5.82 Å². The van der Waals surface area contributed by atoms with Crippen molar-refractivity contribution in [3.63, 3.8) is 0 Å². The van der Waals surface area contributed by atoms with Crippen LogP contribution in [0.15, 0.2) is 12.1 Å². The summed E-state index contributed by atoms with van der Waals surface area (Å²) in [5.74, 6) is 2.04. The van der Waals surface area contributed by atoms with Crippen molar-refractivity contribution in [3.8, 4) is 22.8 Å². The molecule has 1 aromatic heterocycles. The number of rotatable bonds is 1. The molecule has 0 saturated carbocycles. The Morgan fingerprint density at radius 3 is 2.71 bits per heavy atom. The first-order valence-corrected chi connectivity index (χ1v) is 5.38. The Balaban J connectivity index is 2.24. The van der Waals surface area contributed by atoms with Gasteiger partial charge in [-0.3, -0.25) is 5.10 Å². The molecule has 0 bridgehead atoms. The maximum Gasteiger partial charge on any atom is 0.231 e. The van der Waals surface area contributed by atoms with Crippen LogP contribution in [0.2, 0.25) is 0 Å². The molecule has 2 heterocycles. The summed E-state index contributed by atoms with van der Waals surface area (Å²) in [7, 11) is 0. The van der Waals surface area contributed by atoms with Gasteiger partial charge in [0.05, 0.1) is 5.69 Å². The van der Waals surface area contributed by atoms with E-state index in [0.717, 1.165) is 33.9 Å². The second-order valence-electron chi connectivity index (χ2n) is 4.14. The molecule has 0 atom stereocenters. The van der Waals surface area contributed by atoms with E-state index in [0.29, 0.717) is 5.82 Å². The molecule has 0 spiro atoms. The molecule has 88 valence electrons. The number of aromatic nitrogens is 2. The average Bonchev–Trinajstić information content (AvgIpc) is 2.92. The number of fused-ring (bicyclic) bond motifs is 1. The minimum atomic E-state index is 0.260. The molecular weight excluding hydrogens is 218 g/mol. The molecule has 5 nitrogen and oxygen atoms in total. The first-order chi connectivity index (χ1) is 8.16. The van der Waals surface area contributed by atoms with Crippen molar-refractivity contribution in [2.45, 2.75) is 13.8 Å². The molecule has 3 rings (SSSR count). The summed E-state index contributed by atoms with van der Waals surface area (Å²) >= 11 is 0. The zero-order chi connectivity index (χ0) is 12.0. The maximum absolute atomic E-state index is 5.61. The van der Waals surface area contributed by atoms with Crippen LogP contribution in [0.1, 0.15) is 11.1 Å². The third kappa shape index (κ3) is 1.43. The van der Waals surface area contributed by atoms with Gasteiger partial charge in [0.25, 0.3) is 0 Å². The average molecular weight is 231 g/mol.